The van der Waals surface area contributed by atoms with Crippen LogP contribution >= 0.6 is 11.6 Å². The lowest BCUT2D eigenvalue weighted by atomic mass is 10.2. The Morgan fingerprint density at radius 3 is 2.60 bits per heavy atom. The Kier molecular flexibility index (Phi) is 3.35. The van der Waals surface area contributed by atoms with Crippen LogP contribution in [0, 0.1) is 0 Å². The van der Waals surface area contributed by atoms with Gasteiger partial charge in [-0.2, -0.15) is 0 Å². The maximum absolute atomic E-state index is 11.9. The Labute approximate surface area is 121 Å². The van der Waals surface area contributed by atoms with Gasteiger partial charge in [-0.25, -0.2) is 4.99 Å². The van der Waals surface area contributed by atoms with Crippen LogP contribution in [0.2, 0.25) is 5.02 Å². The first-order valence-corrected chi connectivity index (χ1v) is 6.53. The van der Waals surface area contributed by atoms with E-state index in [9.17, 15) is 4.79 Å². The first kappa shape index (κ1) is 12.6. The van der Waals surface area contributed by atoms with Gasteiger partial charge in [0.25, 0.3) is 5.91 Å². The number of carbonyl (C=O) groups is 1. The minimum atomic E-state index is -0.205. The molecular formula is C16H11ClN2O. The molecule has 0 bridgehead atoms. The fraction of sp³-hybridized carbons (Fsp3) is 0. The van der Waals surface area contributed by atoms with Crippen LogP contribution in [0.1, 0.15) is 11.1 Å². The lowest BCUT2D eigenvalue weighted by Crippen LogP contribution is -2.24. The number of amidine groups is 1. The van der Waals surface area contributed by atoms with Gasteiger partial charge in [0, 0.05) is 10.6 Å². The normalized spacial score (nSPS) is 16.1. The average Bonchev–Trinajstić information content (AvgIpc) is 2.81. The van der Waals surface area contributed by atoms with E-state index in [1.54, 1.807) is 18.2 Å². The summed E-state index contributed by atoms with van der Waals surface area (Å²) >= 11 is 5.93. The molecule has 1 aliphatic heterocycles. The molecule has 3 rings (SSSR count). The molecule has 0 saturated carbocycles. The number of hydrogen-bond donors (Lipinski definition) is 1. The Balaban J connectivity index is 1.95. The van der Waals surface area contributed by atoms with Gasteiger partial charge >= 0.3 is 0 Å². The third-order valence-corrected chi connectivity index (χ3v) is 3.13. The number of carbonyl (C=O) groups excluding carboxylic acids is 1. The number of nitrogens with zero attached hydrogens (tertiary/aromatic N) is 1. The molecule has 3 nitrogen and oxygen atoms in total. The van der Waals surface area contributed by atoms with Crippen LogP contribution in [-0.2, 0) is 4.79 Å². The van der Waals surface area contributed by atoms with Crippen LogP contribution in [0.25, 0.3) is 6.08 Å². The summed E-state index contributed by atoms with van der Waals surface area (Å²) in [6, 6.07) is 16.8. The molecule has 0 unspecified atom stereocenters. The zero-order valence-corrected chi connectivity index (χ0v) is 11.3. The van der Waals surface area contributed by atoms with Crippen molar-refractivity contribution in [2.75, 3.05) is 0 Å². The molecule has 4 heteroatoms. The van der Waals surface area contributed by atoms with Crippen molar-refractivity contribution in [3.8, 4) is 0 Å². The highest BCUT2D eigenvalue weighted by atomic mass is 35.5. The Hall–Kier alpha value is -2.39. The second kappa shape index (κ2) is 5.31. The number of benzene rings is 2. The van der Waals surface area contributed by atoms with E-state index in [1.807, 2.05) is 42.5 Å². The maximum atomic E-state index is 11.9. The molecule has 0 spiro atoms. The summed E-state index contributed by atoms with van der Waals surface area (Å²) in [4.78, 5) is 16.3. The standard InChI is InChI=1S/C16H11ClN2O/c17-13-8-4-5-11(9-13)10-14-16(20)19-15(18-14)12-6-2-1-3-7-12/h1-10H,(H,18,19,20)/b14-10+. The summed E-state index contributed by atoms with van der Waals surface area (Å²) < 4.78 is 0. The van der Waals surface area contributed by atoms with Crippen LogP contribution in [0.4, 0.5) is 0 Å². The van der Waals surface area contributed by atoms with E-state index in [4.69, 9.17) is 11.6 Å². The summed E-state index contributed by atoms with van der Waals surface area (Å²) in [6.07, 6.45) is 1.72. The summed E-state index contributed by atoms with van der Waals surface area (Å²) in [5.41, 5.74) is 2.11. The molecule has 0 aromatic heterocycles. The maximum Gasteiger partial charge on any atom is 0.275 e. The van der Waals surface area contributed by atoms with Gasteiger partial charge in [-0.15, -0.1) is 0 Å². The molecule has 0 radical (unpaired) electrons. The lowest BCUT2D eigenvalue weighted by molar-refractivity contribution is -0.115. The van der Waals surface area contributed by atoms with Crippen LogP contribution < -0.4 is 5.32 Å². The summed E-state index contributed by atoms with van der Waals surface area (Å²) in [5, 5.41) is 3.39. The number of amides is 1. The molecule has 0 saturated heterocycles. The second-order valence-corrected chi connectivity index (χ2v) is 4.80. The fourth-order valence-corrected chi connectivity index (χ4v) is 2.15. The zero-order valence-electron chi connectivity index (χ0n) is 10.5. The van der Waals surface area contributed by atoms with Crippen LogP contribution in [0.5, 0.6) is 0 Å². The minimum absolute atomic E-state index is 0.205. The monoisotopic (exact) mass is 282 g/mol. The topological polar surface area (TPSA) is 41.5 Å². The predicted octanol–water partition coefficient (Wildman–Crippen LogP) is 3.26. The van der Waals surface area contributed by atoms with E-state index in [-0.39, 0.29) is 5.91 Å². The van der Waals surface area contributed by atoms with Gasteiger partial charge in [-0.3, -0.25) is 4.79 Å². The first-order chi connectivity index (χ1) is 9.72. The lowest BCUT2D eigenvalue weighted by Gasteiger charge is -1.98. The van der Waals surface area contributed by atoms with E-state index in [0.717, 1.165) is 11.1 Å². The summed E-state index contributed by atoms with van der Waals surface area (Å²) in [5.74, 6) is 0.368. The third-order valence-electron chi connectivity index (χ3n) is 2.90. The van der Waals surface area contributed by atoms with E-state index in [2.05, 4.69) is 10.3 Å². The predicted molar refractivity (Wildman–Crippen MR) is 80.6 cm³/mol. The van der Waals surface area contributed by atoms with Crippen molar-refractivity contribution in [3.05, 3.63) is 76.4 Å². The molecule has 98 valence electrons. The summed E-state index contributed by atoms with van der Waals surface area (Å²) in [7, 11) is 0. The zero-order chi connectivity index (χ0) is 13.9. The number of nitrogens with one attached hydrogen (secondary N) is 1. The van der Waals surface area contributed by atoms with Gasteiger partial charge in [0.2, 0.25) is 0 Å². The number of rotatable bonds is 2. The van der Waals surface area contributed by atoms with E-state index in [1.165, 1.54) is 0 Å². The molecule has 2 aromatic carbocycles. The molecule has 1 aliphatic rings. The van der Waals surface area contributed by atoms with Crippen LogP contribution in [0.3, 0.4) is 0 Å². The van der Waals surface area contributed by atoms with Gasteiger partial charge in [0.05, 0.1) is 0 Å². The van der Waals surface area contributed by atoms with E-state index in [0.29, 0.717) is 16.6 Å². The van der Waals surface area contributed by atoms with Crippen molar-refractivity contribution in [3.63, 3.8) is 0 Å². The average molecular weight is 283 g/mol. The van der Waals surface area contributed by atoms with E-state index >= 15 is 0 Å². The van der Waals surface area contributed by atoms with Crippen molar-refractivity contribution in [2.24, 2.45) is 4.99 Å². The first-order valence-electron chi connectivity index (χ1n) is 6.15. The number of aliphatic imine (C=N–C) groups is 1. The highest BCUT2D eigenvalue weighted by Crippen LogP contribution is 2.17. The van der Waals surface area contributed by atoms with Crippen molar-refractivity contribution in [2.45, 2.75) is 0 Å². The molecule has 2 aromatic rings. The Morgan fingerprint density at radius 1 is 1.05 bits per heavy atom. The highest BCUT2D eigenvalue weighted by molar-refractivity contribution is 6.30. The van der Waals surface area contributed by atoms with Crippen molar-refractivity contribution in [1.82, 2.24) is 5.32 Å². The van der Waals surface area contributed by atoms with Gasteiger partial charge in [0.15, 0.2) is 0 Å². The number of halogens is 1. The van der Waals surface area contributed by atoms with Gasteiger partial charge in [-0.1, -0.05) is 54.1 Å². The highest BCUT2D eigenvalue weighted by Gasteiger charge is 2.20. The molecule has 0 fully saturated rings. The second-order valence-electron chi connectivity index (χ2n) is 4.37. The van der Waals surface area contributed by atoms with Crippen molar-refractivity contribution < 1.29 is 4.79 Å². The van der Waals surface area contributed by atoms with E-state index < -0.39 is 0 Å². The number of hydrogen-bond acceptors (Lipinski definition) is 2. The Bertz CT molecular complexity index is 720. The molecule has 1 N–H and O–H groups in total. The molecule has 0 aliphatic carbocycles. The largest absolute Gasteiger partial charge is 0.305 e. The smallest absolute Gasteiger partial charge is 0.275 e. The molecule has 20 heavy (non-hydrogen) atoms. The SMILES string of the molecule is O=C1NC(c2ccccc2)=N/C1=C/c1cccc(Cl)c1. The quantitative estimate of drug-likeness (QED) is 0.844. The van der Waals surface area contributed by atoms with Crippen LogP contribution in [0.15, 0.2) is 65.3 Å². The van der Waals surface area contributed by atoms with Crippen LogP contribution in [-0.4, -0.2) is 11.7 Å². The van der Waals surface area contributed by atoms with Crippen molar-refractivity contribution in [1.29, 1.82) is 0 Å². The fourth-order valence-electron chi connectivity index (χ4n) is 1.96. The van der Waals surface area contributed by atoms with Gasteiger partial charge < -0.3 is 5.32 Å². The molecule has 1 heterocycles. The van der Waals surface area contributed by atoms with Gasteiger partial charge in [0.1, 0.15) is 11.5 Å². The summed E-state index contributed by atoms with van der Waals surface area (Å²) in [6.45, 7) is 0. The third kappa shape index (κ3) is 2.63. The minimum Gasteiger partial charge on any atom is -0.305 e. The molecule has 0 atom stereocenters. The Morgan fingerprint density at radius 2 is 1.85 bits per heavy atom. The molecular weight excluding hydrogens is 272 g/mol. The van der Waals surface area contributed by atoms with Crippen molar-refractivity contribution >= 4 is 29.4 Å². The molecule has 1 amide bonds. The van der Waals surface area contributed by atoms with Gasteiger partial charge in [-0.05, 0) is 23.8 Å².